The fraction of sp³-hybridized carbons (Fsp3) is 0.625. The highest BCUT2D eigenvalue weighted by Crippen LogP contribution is 2.29. The van der Waals surface area contributed by atoms with Crippen molar-refractivity contribution in [2.75, 3.05) is 20.1 Å². The van der Waals surface area contributed by atoms with Crippen LogP contribution in [0.5, 0.6) is 0 Å². The number of nitrogens with zero attached hydrogens (tertiary/aromatic N) is 3. The minimum absolute atomic E-state index is 1.02. The molecule has 12 heavy (non-hydrogen) atoms. The van der Waals surface area contributed by atoms with Gasteiger partial charge in [0.1, 0.15) is 0 Å². The lowest BCUT2D eigenvalue weighted by Crippen LogP contribution is -2.23. The number of thioether (sulfide) groups is 1. The monoisotopic (exact) mass is 183 g/mol. The van der Waals surface area contributed by atoms with Crippen molar-refractivity contribution in [1.29, 1.82) is 0 Å². The summed E-state index contributed by atoms with van der Waals surface area (Å²) >= 11 is 1.68. The van der Waals surface area contributed by atoms with E-state index in [0.717, 1.165) is 23.3 Å². The summed E-state index contributed by atoms with van der Waals surface area (Å²) in [7, 11) is 1.94. The van der Waals surface area contributed by atoms with Gasteiger partial charge in [-0.15, -0.1) is 5.10 Å². The molecule has 0 saturated carbocycles. The van der Waals surface area contributed by atoms with Crippen LogP contribution in [-0.4, -0.2) is 35.2 Å². The Morgan fingerprint density at radius 1 is 1.42 bits per heavy atom. The molecule has 0 aliphatic carbocycles. The molecule has 3 nitrogen and oxygen atoms in total. The Labute approximate surface area is 77.1 Å². The number of likely N-dealkylation sites (tertiary alicyclic amines) is 1. The van der Waals surface area contributed by atoms with Crippen LogP contribution in [0.25, 0.3) is 0 Å². The molecule has 0 amide bonds. The maximum atomic E-state index is 4.39. The van der Waals surface area contributed by atoms with Crippen molar-refractivity contribution in [3.05, 3.63) is 11.6 Å². The van der Waals surface area contributed by atoms with E-state index in [1.807, 2.05) is 12.1 Å². The maximum Gasteiger partial charge on any atom is 0.189 e. The Morgan fingerprint density at radius 3 is 2.58 bits per heavy atom. The molecule has 0 aromatic rings. The summed E-state index contributed by atoms with van der Waals surface area (Å²) in [6.45, 7) is 6.22. The fourth-order valence-corrected chi connectivity index (χ4v) is 2.27. The number of hydrogen-bond acceptors (Lipinski definition) is 4. The summed E-state index contributed by atoms with van der Waals surface area (Å²) in [6.07, 6.45) is 2.60. The van der Waals surface area contributed by atoms with Crippen molar-refractivity contribution in [1.82, 2.24) is 9.91 Å². The van der Waals surface area contributed by atoms with Crippen LogP contribution >= 0.6 is 11.8 Å². The molecule has 0 atom stereocenters. The molecule has 0 spiro atoms. The minimum Gasteiger partial charge on any atom is -0.350 e. The van der Waals surface area contributed by atoms with E-state index in [0.29, 0.717) is 0 Å². The van der Waals surface area contributed by atoms with Crippen molar-refractivity contribution in [3.8, 4) is 0 Å². The van der Waals surface area contributed by atoms with Gasteiger partial charge in [0.15, 0.2) is 5.17 Å². The lowest BCUT2D eigenvalue weighted by molar-refractivity contribution is 0.462. The Kier molecular flexibility index (Phi) is 2.00. The Bertz CT molecular complexity index is 230. The first kappa shape index (κ1) is 7.98. The molecule has 0 aromatic heterocycles. The quantitative estimate of drug-likeness (QED) is 0.567. The third-order valence-electron chi connectivity index (χ3n) is 2.18. The minimum atomic E-state index is 1.02. The molecule has 0 unspecified atom stereocenters. The van der Waals surface area contributed by atoms with Gasteiger partial charge in [-0.2, -0.15) is 0 Å². The van der Waals surface area contributed by atoms with Crippen LogP contribution in [0.2, 0.25) is 0 Å². The first-order valence-electron chi connectivity index (χ1n) is 4.21. The van der Waals surface area contributed by atoms with E-state index in [1.54, 1.807) is 11.8 Å². The average molecular weight is 183 g/mol. The number of amidine groups is 1. The number of hydrazone groups is 1. The van der Waals surface area contributed by atoms with Crippen LogP contribution in [0.3, 0.4) is 0 Å². The van der Waals surface area contributed by atoms with Gasteiger partial charge in [-0.3, -0.25) is 5.01 Å². The van der Waals surface area contributed by atoms with E-state index in [-0.39, 0.29) is 0 Å². The molecular weight excluding hydrogens is 170 g/mol. The molecule has 0 aromatic carbocycles. The molecule has 66 valence electrons. The molecule has 2 heterocycles. The second kappa shape index (κ2) is 3.01. The molecule has 2 aliphatic rings. The van der Waals surface area contributed by atoms with Gasteiger partial charge >= 0.3 is 0 Å². The molecule has 2 rings (SSSR count). The highest BCUT2D eigenvalue weighted by atomic mass is 32.2. The van der Waals surface area contributed by atoms with Gasteiger partial charge in [-0.25, -0.2) is 0 Å². The lowest BCUT2D eigenvalue weighted by atomic mass is 10.4. The Balaban J connectivity index is 2.05. The summed E-state index contributed by atoms with van der Waals surface area (Å²) in [6, 6.07) is 0. The largest absolute Gasteiger partial charge is 0.350 e. The van der Waals surface area contributed by atoms with Gasteiger partial charge in [0.2, 0.25) is 0 Å². The van der Waals surface area contributed by atoms with Crippen LogP contribution in [0.1, 0.15) is 12.8 Å². The average Bonchev–Trinajstić information content (AvgIpc) is 2.61. The van der Waals surface area contributed by atoms with Gasteiger partial charge < -0.3 is 4.90 Å². The third-order valence-corrected chi connectivity index (χ3v) is 3.20. The zero-order valence-corrected chi connectivity index (χ0v) is 8.10. The summed E-state index contributed by atoms with van der Waals surface area (Å²) in [4.78, 5) is 2.33. The van der Waals surface area contributed by atoms with Crippen LogP contribution in [0.4, 0.5) is 0 Å². The van der Waals surface area contributed by atoms with Gasteiger partial charge in [0.25, 0.3) is 0 Å². The molecule has 1 saturated heterocycles. The van der Waals surface area contributed by atoms with E-state index in [2.05, 4.69) is 16.6 Å². The summed E-state index contributed by atoms with van der Waals surface area (Å²) in [5.41, 5.74) is 0. The van der Waals surface area contributed by atoms with Crippen molar-refractivity contribution < 1.29 is 0 Å². The highest BCUT2D eigenvalue weighted by Gasteiger charge is 2.23. The highest BCUT2D eigenvalue weighted by molar-refractivity contribution is 8.17. The van der Waals surface area contributed by atoms with Crippen molar-refractivity contribution in [2.24, 2.45) is 5.10 Å². The Morgan fingerprint density at radius 2 is 2.08 bits per heavy atom. The van der Waals surface area contributed by atoms with Gasteiger partial charge in [-0.1, -0.05) is 6.58 Å². The molecule has 4 heteroatoms. The SMILES string of the molecule is C=C1SC(N2CCCC2)=NN1C. The van der Waals surface area contributed by atoms with Crippen molar-refractivity contribution in [3.63, 3.8) is 0 Å². The predicted molar refractivity (Wildman–Crippen MR) is 52.7 cm³/mol. The van der Waals surface area contributed by atoms with Gasteiger partial charge in [0, 0.05) is 20.1 Å². The molecule has 2 aliphatic heterocycles. The summed E-state index contributed by atoms with van der Waals surface area (Å²) < 4.78 is 0. The third kappa shape index (κ3) is 1.31. The van der Waals surface area contributed by atoms with Gasteiger partial charge in [-0.05, 0) is 24.6 Å². The first-order valence-corrected chi connectivity index (χ1v) is 5.03. The molecule has 0 radical (unpaired) electrons. The lowest BCUT2D eigenvalue weighted by Gasteiger charge is -2.13. The Hall–Kier alpha value is -0.640. The zero-order valence-electron chi connectivity index (χ0n) is 7.29. The van der Waals surface area contributed by atoms with E-state index < -0.39 is 0 Å². The summed E-state index contributed by atoms with van der Waals surface area (Å²) in [5, 5.41) is 8.39. The van der Waals surface area contributed by atoms with E-state index in [1.165, 1.54) is 12.8 Å². The van der Waals surface area contributed by atoms with E-state index in [4.69, 9.17) is 0 Å². The second-order valence-electron chi connectivity index (χ2n) is 3.10. The van der Waals surface area contributed by atoms with Crippen LogP contribution in [0, 0.1) is 0 Å². The molecule has 0 bridgehead atoms. The fourth-order valence-electron chi connectivity index (χ4n) is 1.41. The van der Waals surface area contributed by atoms with Gasteiger partial charge in [0.05, 0.1) is 5.03 Å². The summed E-state index contributed by atoms with van der Waals surface area (Å²) in [5.74, 6) is 0. The molecule has 0 N–H and O–H groups in total. The molecular formula is C8H13N3S. The number of hydrogen-bond donors (Lipinski definition) is 0. The van der Waals surface area contributed by atoms with Crippen molar-refractivity contribution in [2.45, 2.75) is 12.8 Å². The normalized spacial score (nSPS) is 23.8. The molecule has 1 fully saturated rings. The van der Waals surface area contributed by atoms with Crippen LogP contribution in [0.15, 0.2) is 16.7 Å². The number of rotatable bonds is 0. The first-order chi connectivity index (χ1) is 5.77. The zero-order chi connectivity index (χ0) is 8.55. The van der Waals surface area contributed by atoms with Crippen LogP contribution < -0.4 is 0 Å². The van der Waals surface area contributed by atoms with E-state index >= 15 is 0 Å². The standard InChI is InChI=1S/C8H13N3S/c1-7-10(2)9-8(12-7)11-5-3-4-6-11/h1,3-6H2,2H3. The smallest absolute Gasteiger partial charge is 0.189 e. The second-order valence-corrected chi connectivity index (χ2v) is 4.14. The maximum absolute atomic E-state index is 4.39. The topological polar surface area (TPSA) is 18.8 Å². The predicted octanol–water partition coefficient (Wildman–Crippen LogP) is 1.50. The van der Waals surface area contributed by atoms with E-state index in [9.17, 15) is 0 Å². The van der Waals surface area contributed by atoms with Crippen molar-refractivity contribution >= 4 is 16.9 Å². The van der Waals surface area contributed by atoms with Crippen LogP contribution in [-0.2, 0) is 0 Å².